The number of pyridine rings is 1. The smallest absolute Gasteiger partial charge is 0.274 e. The number of hydrogen-bond donors (Lipinski definition) is 1. The van der Waals surface area contributed by atoms with E-state index in [2.05, 4.69) is 20.3 Å². The maximum absolute atomic E-state index is 13.3. The van der Waals surface area contributed by atoms with E-state index in [1.807, 2.05) is 43.0 Å². The van der Waals surface area contributed by atoms with Gasteiger partial charge < -0.3 is 15.0 Å². The van der Waals surface area contributed by atoms with Crippen LogP contribution in [0.4, 0.5) is 5.95 Å². The van der Waals surface area contributed by atoms with Gasteiger partial charge in [-0.1, -0.05) is 6.07 Å². The Morgan fingerprint density at radius 1 is 1.41 bits per heavy atom. The standard InChI is InChI=1S/C21H25N5O2S/c1-13-10-17-19(29-13)18(20(27)26-9-7-15(11-26)12-28-3)25-21(24-17)23-14(2)16-6-4-5-8-22-16/h4-6,8,10,14-15H,7,9,11-12H2,1-3H3,(H,23,24,25)/t14-,15?/m0/s1. The molecule has 4 rings (SSSR count). The van der Waals surface area contributed by atoms with Crippen LogP contribution >= 0.6 is 11.3 Å². The maximum Gasteiger partial charge on any atom is 0.274 e. The fourth-order valence-electron chi connectivity index (χ4n) is 3.70. The number of nitrogens with zero attached hydrogens (tertiary/aromatic N) is 4. The summed E-state index contributed by atoms with van der Waals surface area (Å²) in [5.74, 6) is 0.795. The quantitative estimate of drug-likeness (QED) is 0.667. The highest BCUT2D eigenvalue weighted by Gasteiger charge is 2.29. The van der Waals surface area contributed by atoms with Crippen molar-refractivity contribution in [3.8, 4) is 0 Å². The zero-order chi connectivity index (χ0) is 20.4. The Bertz CT molecular complexity index is 1010. The van der Waals surface area contributed by atoms with Gasteiger partial charge in [-0.2, -0.15) is 0 Å². The van der Waals surface area contributed by atoms with E-state index in [0.717, 1.165) is 33.8 Å². The molecule has 1 aliphatic rings. The Balaban J connectivity index is 1.63. The number of aryl methyl sites for hydroxylation is 1. The third kappa shape index (κ3) is 4.23. The molecule has 4 heterocycles. The lowest BCUT2D eigenvalue weighted by Gasteiger charge is -2.18. The molecule has 0 aliphatic carbocycles. The summed E-state index contributed by atoms with van der Waals surface area (Å²) >= 11 is 1.56. The Hall–Kier alpha value is -2.58. The van der Waals surface area contributed by atoms with Gasteiger partial charge in [0.15, 0.2) is 5.69 Å². The zero-order valence-corrected chi connectivity index (χ0v) is 17.7. The molecule has 1 amide bonds. The third-order valence-corrected chi connectivity index (χ3v) is 6.20. The summed E-state index contributed by atoms with van der Waals surface area (Å²) in [6, 6.07) is 7.72. The van der Waals surface area contributed by atoms with E-state index in [4.69, 9.17) is 4.74 Å². The average Bonchev–Trinajstić information content (AvgIpc) is 3.33. The molecule has 0 aromatic carbocycles. The highest BCUT2D eigenvalue weighted by molar-refractivity contribution is 7.19. The summed E-state index contributed by atoms with van der Waals surface area (Å²) in [5, 5.41) is 3.30. The number of hydrogen-bond acceptors (Lipinski definition) is 7. The topological polar surface area (TPSA) is 80.2 Å². The number of likely N-dealkylation sites (tertiary alicyclic amines) is 1. The average molecular weight is 412 g/mol. The van der Waals surface area contributed by atoms with Crippen LogP contribution in [0.3, 0.4) is 0 Å². The predicted molar refractivity (Wildman–Crippen MR) is 114 cm³/mol. The fraction of sp³-hybridized carbons (Fsp3) is 0.429. The molecule has 0 bridgehead atoms. The minimum Gasteiger partial charge on any atom is -0.384 e. The van der Waals surface area contributed by atoms with Crippen molar-refractivity contribution in [3.05, 3.63) is 46.7 Å². The van der Waals surface area contributed by atoms with Crippen molar-refractivity contribution in [2.45, 2.75) is 26.3 Å². The first-order valence-corrected chi connectivity index (χ1v) is 10.6. The number of methoxy groups -OCH3 is 1. The fourth-order valence-corrected chi connectivity index (χ4v) is 4.63. The van der Waals surface area contributed by atoms with E-state index in [1.165, 1.54) is 0 Å². The number of aromatic nitrogens is 3. The molecule has 0 spiro atoms. The third-order valence-electron chi connectivity index (χ3n) is 5.15. The van der Waals surface area contributed by atoms with Crippen molar-refractivity contribution < 1.29 is 9.53 Å². The molecule has 1 unspecified atom stereocenters. The van der Waals surface area contributed by atoms with Gasteiger partial charge in [0.25, 0.3) is 5.91 Å². The van der Waals surface area contributed by atoms with E-state index in [0.29, 0.717) is 30.7 Å². The lowest BCUT2D eigenvalue weighted by molar-refractivity contribution is 0.0772. The first-order valence-electron chi connectivity index (χ1n) is 9.79. The van der Waals surface area contributed by atoms with E-state index >= 15 is 0 Å². The normalized spacial score (nSPS) is 17.6. The Morgan fingerprint density at radius 3 is 3.03 bits per heavy atom. The Kier molecular flexibility index (Phi) is 5.73. The molecule has 3 aromatic rings. The van der Waals surface area contributed by atoms with Crippen molar-refractivity contribution in [1.82, 2.24) is 19.9 Å². The van der Waals surface area contributed by atoms with Crippen LogP contribution in [0.1, 0.15) is 40.4 Å². The van der Waals surface area contributed by atoms with Gasteiger partial charge >= 0.3 is 0 Å². The van der Waals surface area contributed by atoms with Crippen molar-refractivity contribution in [3.63, 3.8) is 0 Å². The lowest BCUT2D eigenvalue weighted by Crippen LogP contribution is -2.30. The van der Waals surface area contributed by atoms with Gasteiger partial charge in [-0.05, 0) is 38.5 Å². The number of rotatable bonds is 6. The Labute approximate surface area is 174 Å². The summed E-state index contributed by atoms with van der Waals surface area (Å²) < 4.78 is 6.11. The van der Waals surface area contributed by atoms with Crippen molar-refractivity contribution >= 4 is 33.4 Å². The lowest BCUT2D eigenvalue weighted by atomic mass is 10.1. The molecule has 2 atom stereocenters. The minimum absolute atomic E-state index is 0.0357. The minimum atomic E-state index is -0.0748. The summed E-state index contributed by atoms with van der Waals surface area (Å²) in [6.07, 6.45) is 2.72. The zero-order valence-electron chi connectivity index (χ0n) is 16.9. The molecule has 0 radical (unpaired) electrons. The molecule has 0 saturated carbocycles. The molecule has 3 aromatic heterocycles. The van der Waals surface area contributed by atoms with E-state index in [-0.39, 0.29) is 11.9 Å². The van der Waals surface area contributed by atoms with Crippen molar-refractivity contribution in [2.24, 2.45) is 5.92 Å². The highest BCUT2D eigenvalue weighted by atomic mass is 32.1. The first-order chi connectivity index (χ1) is 14.0. The van der Waals surface area contributed by atoms with Crippen molar-refractivity contribution in [1.29, 1.82) is 0 Å². The van der Waals surface area contributed by atoms with Gasteiger partial charge in [-0.15, -0.1) is 11.3 Å². The SMILES string of the molecule is COCC1CCN(C(=O)c2nc(N[C@@H](C)c3ccccn3)nc3cc(C)sc23)C1. The molecule has 7 nitrogen and oxygen atoms in total. The number of amides is 1. The summed E-state index contributed by atoms with van der Waals surface area (Å²) in [6.45, 7) is 6.14. The highest BCUT2D eigenvalue weighted by Crippen LogP contribution is 2.30. The molecule has 1 N–H and O–H groups in total. The monoisotopic (exact) mass is 411 g/mol. The van der Waals surface area contributed by atoms with E-state index in [9.17, 15) is 4.79 Å². The van der Waals surface area contributed by atoms with Gasteiger partial charge in [0, 0.05) is 37.2 Å². The number of carbonyl (C=O) groups excluding carboxylic acids is 1. The van der Waals surface area contributed by atoms with E-state index < -0.39 is 0 Å². The Morgan fingerprint density at radius 2 is 2.28 bits per heavy atom. The number of nitrogens with one attached hydrogen (secondary N) is 1. The van der Waals surface area contributed by atoms with Crippen LogP contribution in [0, 0.1) is 12.8 Å². The van der Waals surface area contributed by atoms with Crippen LogP contribution in [0.15, 0.2) is 30.5 Å². The molecular weight excluding hydrogens is 386 g/mol. The van der Waals surface area contributed by atoms with Crippen molar-refractivity contribution in [2.75, 3.05) is 32.1 Å². The number of anilines is 1. The predicted octanol–water partition coefficient (Wildman–Crippen LogP) is 3.68. The summed E-state index contributed by atoms with van der Waals surface area (Å²) in [5.41, 5.74) is 2.17. The van der Waals surface area contributed by atoms with Crippen LogP contribution < -0.4 is 5.32 Å². The number of thiophene rings is 1. The molecule has 1 aliphatic heterocycles. The van der Waals surface area contributed by atoms with Crippen LogP contribution in [0.2, 0.25) is 0 Å². The first kappa shape index (κ1) is 19.7. The van der Waals surface area contributed by atoms with Gasteiger partial charge in [0.05, 0.1) is 28.6 Å². The van der Waals surface area contributed by atoms with Gasteiger partial charge in [-0.3, -0.25) is 9.78 Å². The van der Waals surface area contributed by atoms with Crippen LogP contribution in [0.25, 0.3) is 10.2 Å². The summed E-state index contributed by atoms with van der Waals surface area (Å²) in [4.78, 5) is 29.9. The largest absolute Gasteiger partial charge is 0.384 e. The van der Waals surface area contributed by atoms with Crippen LogP contribution in [0.5, 0.6) is 0 Å². The molecule has 1 saturated heterocycles. The molecule has 1 fully saturated rings. The molecule has 8 heteroatoms. The maximum atomic E-state index is 13.3. The second kappa shape index (κ2) is 8.42. The number of carbonyl (C=O) groups is 1. The summed E-state index contributed by atoms with van der Waals surface area (Å²) in [7, 11) is 1.70. The number of fused-ring (bicyclic) bond motifs is 1. The number of ether oxygens (including phenoxy) is 1. The molecule has 152 valence electrons. The molecule has 29 heavy (non-hydrogen) atoms. The van der Waals surface area contributed by atoms with Crippen LogP contribution in [-0.2, 0) is 4.74 Å². The molecular formula is C21H25N5O2S. The van der Waals surface area contributed by atoms with Gasteiger partial charge in [0.2, 0.25) is 5.95 Å². The van der Waals surface area contributed by atoms with Gasteiger partial charge in [-0.25, -0.2) is 9.97 Å². The second-order valence-corrected chi connectivity index (χ2v) is 8.71. The van der Waals surface area contributed by atoms with Gasteiger partial charge in [0.1, 0.15) is 0 Å². The van der Waals surface area contributed by atoms with Crippen LogP contribution in [-0.4, -0.2) is 52.6 Å². The van der Waals surface area contributed by atoms with E-state index in [1.54, 1.807) is 24.6 Å². The second-order valence-electron chi connectivity index (χ2n) is 7.45.